The number of anilines is 3. The number of nitrogens with one attached hydrogen (secondary N) is 2. The first-order valence-corrected chi connectivity index (χ1v) is 15.1. The summed E-state index contributed by atoms with van der Waals surface area (Å²) in [6.07, 6.45) is 2.52. The zero-order valence-electron chi connectivity index (χ0n) is 22.0. The van der Waals surface area contributed by atoms with E-state index in [0.717, 1.165) is 34.6 Å². The third kappa shape index (κ3) is 5.62. The van der Waals surface area contributed by atoms with Gasteiger partial charge in [0.1, 0.15) is 11.1 Å². The van der Waals surface area contributed by atoms with Crippen LogP contribution in [0.1, 0.15) is 40.3 Å². The number of thiophene rings is 1. The molecule has 9 heteroatoms. The maximum atomic E-state index is 13.6. The first kappa shape index (κ1) is 26.8. The fraction of sp³-hybridized carbons (Fsp3) is 0.188. The van der Waals surface area contributed by atoms with Crippen LogP contribution in [0.25, 0.3) is 0 Å². The molecule has 41 heavy (non-hydrogen) atoms. The van der Waals surface area contributed by atoms with Gasteiger partial charge in [0.25, 0.3) is 0 Å². The molecule has 6 rings (SSSR count). The van der Waals surface area contributed by atoms with Crippen molar-refractivity contribution in [3.8, 4) is 6.07 Å². The van der Waals surface area contributed by atoms with Gasteiger partial charge in [0, 0.05) is 27.6 Å². The van der Waals surface area contributed by atoms with Crippen LogP contribution >= 0.6 is 23.1 Å². The smallest absolute Gasteiger partial charge is 0.308 e. The van der Waals surface area contributed by atoms with Crippen LogP contribution in [0, 0.1) is 11.3 Å². The van der Waals surface area contributed by atoms with Crippen LogP contribution in [0.15, 0.2) is 89.8 Å². The molecule has 1 aliphatic carbocycles. The number of urea groups is 1. The van der Waals surface area contributed by atoms with E-state index in [4.69, 9.17) is 0 Å². The quantitative estimate of drug-likeness (QED) is 0.241. The summed E-state index contributed by atoms with van der Waals surface area (Å²) < 4.78 is 0. The first-order valence-electron chi connectivity index (χ1n) is 13.4. The van der Waals surface area contributed by atoms with Crippen molar-refractivity contribution in [1.29, 1.82) is 5.26 Å². The fourth-order valence-electron chi connectivity index (χ4n) is 5.39. The Balaban J connectivity index is 1.16. The molecule has 2 atom stereocenters. The van der Waals surface area contributed by atoms with Crippen LogP contribution in [0.5, 0.6) is 0 Å². The normalized spacial score (nSPS) is 18.1. The molecule has 4 aromatic rings. The molecule has 1 aliphatic heterocycles. The number of imide groups is 1. The first-order chi connectivity index (χ1) is 20.0. The van der Waals surface area contributed by atoms with Crippen LogP contribution < -0.4 is 15.5 Å². The van der Waals surface area contributed by atoms with Crippen LogP contribution in [-0.2, 0) is 22.4 Å². The van der Waals surface area contributed by atoms with Crippen molar-refractivity contribution in [3.63, 3.8) is 0 Å². The highest BCUT2D eigenvalue weighted by atomic mass is 32.2. The van der Waals surface area contributed by atoms with E-state index in [1.807, 2.05) is 42.5 Å². The summed E-state index contributed by atoms with van der Waals surface area (Å²) in [6, 6.07) is 28.6. The summed E-state index contributed by atoms with van der Waals surface area (Å²) in [5.41, 5.74) is 3.95. The van der Waals surface area contributed by atoms with Gasteiger partial charge >= 0.3 is 6.03 Å². The number of hydrogen-bond acceptors (Lipinski definition) is 6. The van der Waals surface area contributed by atoms with Gasteiger partial charge in [0.05, 0.1) is 10.8 Å². The maximum absolute atomic E-state index is 13.6. The lowest BCUT2D eigenvalue weighted by atomic mass is 9.83. The Kier molecular flexibility index (Phi) is 7.59. The van der Waals surface area contributed by atoms with Crippen molar-refractivity contribution < 1.29 is 14.4 Å². The third-order valence-corrected chi connectivity index (χ3v) is 9.76. The van der Waals surface area contributed by atoms with Crippen molar-refractivity contribution in [2.75, 3.05) is 15.5 Å². The predicted molar refractivity (Wildman–Crippen MR) is 163 cm³/mol. The average Bonchev–Trinajstić information content (AvgIpc) is 3.48. The summed E-state index contributed by atoms with van der Waals surface area (Å²) in [5, 5.41) is 15.5. The number of nitriles is 1. The summed E-state index contributed by atoms with van der Waals surface area (Å²) >= 11 is 2.70. The topological polar surface area (TPSA) is 102 Å². The Labute approximate surface area is 246 Å². The van der Waals surface area contributed by atoms with Gasteiger partial charge in [-0.1, -0.05) is 54.6 Å². The molecular weight excluding hydrogens is 553 g/mol. The standard InChI is InChI=1S/C32H26N4O3S2/c33-19-26-25-15-14-21(20-8-3-1-4-9-20)16-27(25)41-31(26)36-29(37)18-28(30(36)38)40-24-13-7-12-23(17-24)35-32(39)34-22-10-5-2-6-11-22/h1-13,17,21,28H,14-16,18H2,(H2,34,35,39). The molecule has 1 saturated heterocycles. The molecule has 2 aliphatic rings. The number of nitrogens with zero attached hydrogens (tertiary/aromatic N) is 2. The minimum atomic E-state index is -0.612. The number of carbonyl (C=O) groups is 3. The largest absolute Gasteiger partial charge is 0.323 e. The van der Waals surface area contributed by atoms with E-state index < -0.39 is 5.25 Å². The molecule has 7 nitrogen and oxygen atoms in total. The number of fused-ring (bicyclic) bond motifs is 1. The number of carbonyl (C=O) groups excluding carboxylic acids is 3. The minimum Gasteiger partial charge on any atom is -0.308 e. The van der Waals surface area contributed by atoms with Crippen LogP contribution in [0.3, 0.4) is 0 Å². The zero-order chi connectivity index (χ0) is 28.3. The molecular formula is C32H26N4O3S2. The molecule has 204 valence electrons. The zero-order valence-corrected chi connectivity index (χ0v) is 23.6. The molecule has 0 spiro atoms. The van der Waals surface area contributed by atoms with E-state index in [-0.39, 0.29) is 24.3 Å². The second-order valence-corrected chi connectivity index (χ2v) is 12.4. The molecule has 0 saturated carbocycles. The van der Waals surface area contributed by atoms with Crippen molar-refractivity contribution in [2.45, 2.75) is 41.7 Å². The lowest BCUT2D eigenvalue weighted by molar-refractivity contribution is -0.121. The van der Waals surface area contributed by atoms with Crippen LogP contribution in [0.2, 0.25) is 0 Å². The summed E-state index contributed by atoms with van der Waals surface area (Å²) in [4.78, 5) is 42.2. The fourth-order valence-corrected chi connectivity index (χ4v) is 7.90. The SMILES string of the molecule is N#Cc1c(N2C(=O)CC(Sc3cccc(NC(=O)Nc4ccccc4)c3)C2=O)sc2c1CCC(c1ccccc1)C2. The van der Waals surface area contributed by atoms with E-state index in [1.165, 1.54) is 33.6 Å². The van der Waals surface area contributed by atoms with E-state index in [0.29, 0.717) is 27.9 Å². The van der Waals surface area contributed by atoms with Crippen LogP contribution in [0.4, 0.5) is 21.2 Å². The molecule has 4 amide bonds. The van der Waals surface area contributed by atoms with Gasteiger partial charge in [-0.15, -0.1) is 23.1 Å². The van der Waals surface area contributed by atoms with Crippen molar-refractivity contribution >= 4 is 57.3 Å². The second-order valence-electron chi connectivity index (χ2n) is 10.00. The van der Waals surface area contributed by atoms with Gasteiger partial charge in [0.2, 0.25) is 11.8 Å². The monoisotopic (exact) mass is 578 g/mol. The number of para-hydroxylation sites is 1. The predicted octanol–water partition coefficient (Wildman–Crippen LogP) is 6.96. The number of hydrogen-bond donors (Lipinski definition) is 2. The molecule has 3 aromatic carbocycles. The lowest BCUT2D eigenvalue weighted by Gasteiger charge is -2.22. The van der Waals surface area contributed by atoms with E-state index in [1.54, 1.807) is 30.3 Å². The number of thioether (sulfide) groups is 1. The second kappa shape index (κ2) is 11.6. The molecule has 2 unspecified atom stereocenters. The lowest BCUT2D eigenvalue weighted by Crippen LogP contribution is -2.31. The van der Waals surface area contributed by atoms with Gasteiger partial charge in [-0.3, -0.25) is 9.59 Å². The van der Waals surface area contributed by atoms with E-state index in [2.05, 4.69) is 28.8 Å². The maximum Gasteiger partial charge on any atom is 0.323 e. The highest BCUT2D eigenvalue weighted by Crippen LogP contribution is 2.46. The van der Waals surface area contributed by atoms with Gasteiger partial charge in [-0.05, 0) is 66.6 Å². The molecule has 2 N–H and O–H groups in total. The van der Waals surface area contributed by atoms with Crippen molar-refractivity contribution in [1.82, 2.24) is 0 Å². The summed E-state index contributed by atoms with van der Waals surface area (Å²) in [5.74, 6) is -0.251. The van der Waals surface area contributed by atoms with Crippen molar-refractivity contribution in [2.24, 2.45) is 0 Å². The van der Waals surface area contributed by atoms with Gasteiger partial charge < -0.3 is 10.6 Å². The Bertz CT molecular complexity index is 1660. The molecule has 0 bridgehead atoms. The van der Waals surface area contributed by atoms with Crippen molar-refractivity contribution in [3.05, 3.63) is 106 Å². The van der Waals surface area contributed by atoms with E-state index in [9.17, 15) is 19.6 Å². The summed E-state index contributed by atoms with van der Waals surface area (Å²) in [7, 11) is 0. The van der Waals surface area contributed by atoms with Gasteiger partial charge in [-0.2, -0.15) is 5.26 Å². The number of amides is 4. The molecule has 1 fully saturated rings. The molecule has 2 heterocycles. The number of rotatable bonds is 6. The highest BCUT2D eigenvalue weighted by molar-refractivity contribution is 8.00. The minimum absolute atomic E-state index is 0.0513. The van der Waals surface area contributed by atoms with Gasteiger partial charge in [0.15, 0.2) is 0 Å². The molecule has 1 aromatic heterocycles. The third-order valence-electron chi connectivity index (χ3n) is 7.34. The number of benzene rings is 3. The van der Waals surface area contributed by atoms with Crippen LogP contribution in [-0.4, -0.2) is 23.1 Å². The average molecular weight is 579 g/mol. The molecule has 0 radical (unpaired) electrons. The van der Waals surface area contributed by atoms with Gasteiger partial charge in [-0.25, -0.2) is 9.69 Å². The Morgan fingerprint density at radius 2 is 1.63 bits per heavy atom. The van der Waals surface area contributed by atoms with E-state index >= 15 is 0 Å². The highest BCUT2D eigenvalue weighted by Gasteiger charge is 2.43. The Hall–Kier alpha value is -4.39. The summed E-state index contributed by atoms with van der Waals surface area (Å²) in [6.45, 7) is 0. The Morgan fingerprint density at radius 3 is 2.39 bits per heavy atom. The Morgan fingerprint density at radius 1 is 0.927 bits per heavy atom.